The molecule has 10 heavy (non-hydrogen) atoms. The van der Waals surface area contributed by atoms with Crippen molar-refractivity contribution < 1.29 is 0 Å². The molecule has 2 N–H and O–H groups in total. The highest BCUT2D eigenvalue weighted by atomic mass is 14.6. The van der Waals surface area contributed by atoms with Crippen LogP contribution in [0.25, 0.3) is 0 Å². The lowest BCUT2D eigenvalue weighted by Crippen LogP contribution is -2.23. The number of rotatable bonds is 2. The van der Waals surface area contributed by atoms with Gasteiger partial charge in [-0.2, -0.15) is 0 Å². The van der Waals surface area contributed by atoms with Gasteiger partial charge in [0.05, 0.1) is 0 Å². The predicted molar refractivity (Wildman–Crippen MR) is 44.7 cm³/mol. The lowest BCUT2D eigenvalue weighted by molar-refractivity contribution is 0.713. The van der Waals surface area contributed by atoms with Gasteiger partial charge in [0.1, 0.15) is 0 Å². The van der Waals surface area contributed by atoms with Crippen molar-refractivity contribution in [2.75, 3.05) is 0 Å². The maximum Gasteiger partial charge on any atom is 0.0291 e. The van der Waals surface area contributed by atoms with Crippen molar-refractivity contribution in [3.63, 3.8) is 0 Å². The molecule has 0 aliphatic heterocycles. The molecule has 0 spiro atoms. The van der Waals surface area contributed by atoms with Crippen molar-refractivity contribution in [3.05, 3.63) is 23.8 Å². The van der Waals surface area contributed by atoms with Crippen molar-refractivity contribution in [2.45, 2.75) is 32.2 Å². The van der Waals surface area contributed by atoms with E-state index in [0.29, 0.717) is 6.04 Å². The van der Waals surface area contributed by atoms with Crippen LogP contribution in [0.1, 0.15) is 26.2 Å². The highest BCUT2D eigenvalue weighted by Gasteiger charge is 2.07. The lowest BCUT2D eigenvalue weighted by Gasteiger charge is -2.15. The van der Waals surface area contributed by atoms with E-state index >= 15 is 0 Å². The van der Waals surface area contributed by atoms with Crippen LogP contribution in [0.4, 0.5) is 0 Å². The van der Waals surface area contributed by atoms with Gasteiger partial charge >= 0.3 is 0 Å². The molecule has 56 valence electrons. The SMILES string of the molecule is CCCC1=CC=CCC1N. The molecule has 1 unspecified atom stereocenters. The Morgan fingerprint density at radius 3 is 3.10 bits per heavy atom. The third-order valence-corrected chi connectivity index (χ3v) is 1.85. The third-order valence-electron chi connectivity index (χ3n) is 1.85. The minimum atomic E-state index is 0.296. The summed E-state index contributed by atoms with van der Waals surface area (Å²) in [6.07, 6.45) is 9.76. The zero-order valence-corrected chi connectivity index (χ0v) is 6.51. The summed E-state index contributed by atoms with van der Waals surface area (Å²) in [5, 5.41) is 0. The summed E-state index contributed by atoms with van der Waals surface area (Å²) in [6, 6.07) is 0.296. The molecule has 0 saturated carbocycles. The Hall–Kier alpha value is -0.560. The quantitative estimate of drug-likeness (QED) is 0.619. The maximum absolute atomic E-state index is 5.85. The summed E-state index contributed by atoms with van der Waals surface area (Å²) < 4.78 is 0. The van der Waals surface area contributed by atoms with Gasteiger partial charge in [0.15, 0.2) is 0 Å². The molecule has 1 aliphatic carbocycles. The Kier molecular flexibility index (Phi) is 2.69. The number of hydrogen-bond donors (Lipinski definition) is 1. The Morgan fingerprint density at radius 2 is 2.50 bits per heavy atom. The van der Waals surface area contributed by atoms with Gasteiger partial charge in [0.25, 0.3) is 0 Å². The third kappa shape index (κ3) is 1.71. The van der Waals surface area contributed by atoms with Crippen molar-refractivity contribution in [3.8, 4) is 0 Å². The van der Waals surface area contributed by atoms with Gasteiger partial charge in [-0.05, 0) is 12.8 Å². The van der Waals surface area contributed by atoms with E-state index in [2.05, 4.69) is 25.2 Å². The van der Waals surface area contributed by atoms with E-state index in [1.165, 1.54) is 12.0 Å². The Bertz CT molecular complexity index is 156. The molecular formula is C9H15N. The summed E-state index contributed by atoms with van der Waals surface area (Å²) in [7, 11) is 0. The molecule has 0 saturated heterocycles. The van der Waals surface area contributed by atoms with Gasteiger partial charge in [-0.1, -0.05) is 37.1 Å². The van der Waals surface area contributed by atoms with Crippen molar-refractivity contribution in [2.24, 2.45) is 5.73 Å². The molecule has 0 fully saturated rings. The number of allylic oxidation sites excluding steroid dienone is 2. The topological polar surface area (TPSA) is 26.0 Å². The van der Waals surface area contributed by atoms with E-state index in [9.17, 15) is 0 Å². The molecule has 1 aliphatic rings. The molecule has 0 heterocycles. The van der Waals surface area contributed by atoms with Gasteiger partial charge in [-0.25, -0.2) is 0 Å². The van der Waals surface area contributed by atoms with Crippen LogP contribution >= 0.6 is 0 Å². The van der Waals surface area contributed by atoms with E-state index in [-0.39, 0.29) is 0 Å². The molecule has 0 aromatic rings. The Labute approximate surface area is 62.6 Å². The molecular weight excluding hydrogens is 122 g/mol. The zero-order valence-electron chi connectivity index (χ0n) is 6.51. The molecule has 0 aromatic heterocycles. The van der Waals surface area contributed by atoms with Gasteiger partial charge in [0, 0.05) is 6.04 Å². The van der Waals surface area contributed by atoms with Crippen LogP contribution in [0, 0.1) is 0 Å². The van der Waals surface area contributed by atoms with Gasteiger partial charge < -0.3 is 5.73 Å². The Morgan fingerprint density at radius 1 is 1.70 bits per heavy atom. The normalized spacial score (nSPS) is 24.6. The predicted octanol–water partition coefficient (Wildman–Crippen LogP) is 2.00. The second-order valence-electron chi connectivity index (χ2n) is 2.76. The fraction of sp³-hybridized carbons (Fsp3) is 0.556. The van der Waals surface area contributed by atoms with Crippen LogP contribution in [-0.2, 0) is 0 Å². The maximum atomic E-state index is 5.85. The molecule has 1 atom stereocenters. The fourth-order valence-corrected chi connectivity index (χ4v) is 1.25. The number of hydrogen-bond acceptors (Lipinski definition) is 1. The molecule has 0 bridgehead atoms. The van der Waals surface area contributed by atoms with Crippen LogP contribution < -0.4 is 5.73 Å². The minimum absolute atomic E-state index is 0.296. The summed E-state index contributed by atoms with van der Waals surface area (Å²) in [5.41, 5.74) is 7.25. The van der Waals surface area contributed by atoms with E-state index in [4.69, 9.17) is 5.73 Å². The summed E-state index contributed by atoms with van der Waals surface area (Å²) in [6.45, 7) is 2.19. The summed E-state index contributed by atoms with van der Waals surface area (Å²) in [5.74, 6) is 0. The average Bonchev–Trinajstić information content (AvgIpc) is 1.94. The molecule has 0 aromatic carbocycles. The average molecular weight is 137 g/mol. The van der Waals surface area contributed by atoms with E-state index in [1.807, 2.05) is 0 Å². The van der Waals surface area contributed by atoms with Crippen molar-refractivity contribution >= 4 is 0 Å². The molecule has 0 radical (unpaired) electrons. The Balaban J connectivity index is 2.52. The fourth-order valence-electron chi connectivity index (χ4n) is 1.25. The van der Waals surface area contributed by atoms with E-state index in [1.54, 1.807) is 0 Å². The first-order valence-electron chi connectivity index (χ1n) is 3.95. The standard InChI is InChI=1S/C9H15N/c1-2-5-8-6-3-4-7-9(8)10/h3-4,6,9H,2,5,7,10H2,1H3. The second kappa shape index (κ2) is 3.57. The second-order valence-corrected chi connectivity index (χ2v) is 2.76. The minimum Gasteiger partial charge on any atom is -0.324 e. The van der Waals surface area contributed by atoms with Gasteiger partial charge in [0.2, 0.25) is 0 Å². The van der Waals surface area contributed by atoms with Gasteiger partial charge in [-0.3, -0.25) is 0 Å². The van der Waals surface area contributed by atoms with Crippen LogP contribution in [0.3, 0.4) is 0 Å². The highest BCUT2D eigenvalue weighted by molar-refractivity contribution is 5.23. The number of nitrogens with two attached hydrogens (primary N) is 1. The molecule has 0 amide bonds. The van der Waals surface area contributed by atoms with Crippen molar-refractivity contribution in [1.82, 2.24) is 0 Å². The highest BCUT2D eigenvalue weighted by Crippen LogP contribution is 2.15. The first-order chi connectivity index (χ1) is 4.84. The summed E-state index contributed by atoms with van der Waals surface area (Å²) >= 11 is 0. The smallest absolute Gasteiger partial charge is 0.0291 e. The molecule has 1 heteroatoms. The lowest BCUT2D eigenvalue weighted by atomic mass is 9.96. The molecule has 1 nitrogen and oxygen atoms in total. The zero-order chi connectivity index (χ0) is 7.40. The van der Waals surface area contributed by atoms with Crippen LogP contribution in [0.5, 0.6) is 0 Å². The van der Waals surface area contributed by atoms with E-state index in [0.717, 1.165) is 12.8 Å². The first kappa shape index (κ1) is 7.55. The van der Waals surface area contributed by atoms with Crippen molar-refractivity contribution in [1.29, 1.82) is 0 Å². The van der Waals surface area contributed by atoms with Gasteiger partial charge in [-0.15, -0.1) is 0 Å². The monoisotopic (exact) mass is 137 g/mol. The van der Waals surface area contributed by atoms with E-state index < -0.39 is 0 Å². The first-order valence-corrected chi connectivity index (χ1v) is 3.95. The van der Waals surface area contributed by atoms with Crippen LogP contribution in [0.15, 0.2) is 23.8 Å². The largest absolute Gasteiger partial charge is 0.324 e. The van der Waals surface area contributed by atoms with Crippen LogP contribution in [-0.4, -0.2) is 6.04 Å². The molecule has 1 rings (SSSR count). The summed E-state index contributed by atoms with van der Waals surface area (Å²) in [4.78, 5) is 0. The van der Waals surface area contributed by atoms with Crippen LogP contribution in [0.2, 0.25) is 0 Å².